The van der Waals surface area contributed by atoms with Crippen LogP contribution in [0.3, 0.4) is 0 Å². The Labute approximate surface area is 236 Å². The van der Waals surface area contributed by atoms with Gasteiger partial charge in [0.1, 0.15) is 21.2 Å². The number of nitrogens with two attached hydrogens (primary N) is 1. The number of nitrogens with one attached hydrogen (secondary N) is 2. The van der Waals surface area contributed by atoms with Gasteiger partial charge in [0.05, 0.1) is 5.69 Å². The van der Waals surface area contributed by atoms with Crippen molar-refractivity contribution in [3.8, 4) is 0 Å². The second kappa shape index (κ2) is 10.9. The fourth-order valence-corrected chi connectivity index (χ4v) is 5.33. The Kier molecular flexibility index (Phi) is 7.88. The van der Waals surface area contributed by atoms with Crippen molar-refractivity contribution in [3.05, 3.63) is 58.6 Å². The van der Waals surface area contributed by atoms with E-state index in [1.807, 2.05) is 0 Å². The number of rotatable bonds is 7. The molecule has 0 fully saturated rings. The SMILES string of the molecule is Cc1cc(S(=O)(=O)O)c2cc(N=Nc3ccc(Nc4nc(Cl)nc(Cl)n4)cc3NC(N)=O)c(S(=O)(=O)O)cc2c1. The van der Waals surface area contributed by atoms with Gasteiger partial charge in [-0.25, -0.2) is 4.79 Å². The first-order chi connectivity index (χ1) is 18.6. The number of fused-ring (bicyclic) bond motifs is 1. The van der Waals surface area contributed by atoms with Gasteiger partial charge in [0.15, 0.2) is 0 Å². The molecule has 0 aliphatic carbocycles. The van der Waals surface area contributed by atoms with Gasteiger partial charge in [-0.2, -0.15) is 31.8 Å². The number of primary amides is 1. The molecule has 0 unspecified atom stereocenters. The van der Waals surface area contributed by atoms with Crippen molar-refractivity contribution in [2.45, 2.75) is 16.7 Å². The van der Waals surface area contributed by atoms with E-state index in [1.54, 1.807) is 0 Å². The van der Waals surface area contributed by atoms with E-state index in [1.165, 1.54) is 37.3 Å². The quantitative estimate of drug-likeness (QED) is 0.138. The Bertz CT molecular complexity index is 1920. The highest BCUT2D eigenvalue weighted by Gasteiger charge is 2.22. The molecule has 0 aliphatic rings. The summed E-state index contributed by atoms with van der Waals surface area (Å²) in [7, 11) is -9.60. The van der Waals surface area contributed by atoms with Crippen molar-refractivity contribution in [1.29, 1.82) is 0 Å². The highest BCUT2D eigenvalue weighted by Crippen LogP contribution is 2.36. The zero-order chi connectivity index (χ0) is 29.4. The zero-order valence-corrected chi connectivity index (χ0v) is 23.0. The lowest BCUT2D eigenvalue weighted by Crippen LogP contribution is -2.19. The number of hydrogen-bond donors (Lipinski definition) is 5. The van der Waals surface area contributed by atoms with E-state index in [0.29, 0.717) is 11.3 Å². The monoisotopic (exact) mass is 626 g/mol. The molecular formula is C21H16Cl2N8O7S2. The van der Waals surface area contributed by atoms with Crippen LogP contribution in [0.25, 0.3) is 10.8 Å². The molecule has 40 heavy (non-hydrogen) atoms. The van der Waals surface area contributed by atoms with Crippen LogP contribution >= 0.6 is 23.2 Å². The Morgan fingerprint density at radius 3 is 2.10 bits per heavy atom. The van der Waals surface area contributed by atoms with E-state index in [2.05, 4.69) is 35.8 Å². The molecule has 0 aliphatic heterocycles. The highest BCUT2D eigenvalue weighted by atomic mass is 35.5. The lowest BCUT2D eigenvalue weighted by atomic mass is 10.1. The number of urea groups is 1. The number of anilines is 3. The molecule has 1 heterocycles. The van der Waals surface area contributed by atoms with Gasteiger partial charge in [-0.15, -0.1) is 10.2 Å². The van der Waals surface area contributed by atoms with Crippen LogP contribution in [0.1, 0.15) is 5.56 Å². The third-order valence-electron chi connectivity index (χ3n) is 5.05. The number of aromatic nitrogens is 3. The fraction of sp³-hybridized carbons (Fsp3) is 0.0476. The first-order valence-corrected chi connectivity index (χ1v) is 14.2. The molecule has 208 valence electrons. The van der Waals surface area contributed by atoms with Crippen LogP contribution in [0, 0.1) is 6.92 Å². The normalized spacial score (nSPS) is 12.1. The second-order valence-electron chi connectivity index (χ2n) is 8.00. The summed E-state index contributed by atoms with van der Waals surface area (Å²) in [6, 6.07) is 7.83. The van der Waals surface area contributed by atoms with Crippen LogP contribution in [-0.4, -0.2) is 46.9 Å². The van der Waals surface area contributed by atoms with E-state index in [-0.39, 0.29) is 38.7 Å². The molecular weight excluding hydrogens is 611 g/mol. The van der Waals surface area contributed by atoms with E-state index in [0.717, 1.165) is 12.1 Å². The summed E-state index contributed by atoms with van der Waals surface area (Å²) in [4.78, 5) is 21.7. The summed E-state index contributed by atoms with van der Waals surface area (Å²) in [6.45, 7) is 1.53. The summed E-state index contributed by atoms with van der Waals surface area (Å²) < 4.78 is 67.7. The smallest absolute Gasteiger partial charge is 0.316 e. The summed E-state index contributed by atoms with van der Waals surface area (Å²) in [6.07, 6.45) is 0. The largest absolute Gasteiger partial charge is 0.351 e. The average molecular weight is 627 g/mol. The molecule has 6 N–H and O–H groups in total. The van der Waals surface area contributed by atoms with Crippen molar-refractivity contribution in [2.24, 2.45) is 16.0 Å². The fourth-order valence-electron chi connectivity index (χ4n) is 3.54. The van der Waals surface area contributed by atoms with Crippen molar-refractivity contribution in [1.82, 2.24) is 15.0 Å². The Morgan fingerprint density at radius 2 is 1.50 bits per heavy atom. The van der Waals surface area contributed by atoms with Crippen molar-refractivity contribution in [3.63, 3.8) is 0 Å². The molecule has 4 rings (SSSR count). The van der Waals surface area contributed by atoms with Gasteiger partial charge < -0.3 is 16.4 Å². The van der Waals surface area contributed by atoms with Crippen LogP contribution in [0.4, 0.5) is 33.5 Å². The standard InChI is InChI=1S/C21H16Cl2N8O7S2/c1-9-4-10-6-17(40(36,37)38)15(8-12(10)16(5-9)39(33,34)35)31-30-13-3-2-11(7-14(13)26-20(24)32)25-21-28-18(22)27-19(23)29-21/h2-8H,1H3,(H3,24,26,32)(H,33,34,35)(H,36,37,38)(H,25,27,28,29). The first-order valence-electron chi connectivity index (χ1n) is 10.6. The topological polar surface area (TPSA) is 239 Å². The number of hydrogen-bond acceptors (Lipinski definition) is 11. The van der Waals surface area contributed by atoms with Crippen LogP contribution in [0.15, 0.2) is 62.5 Å². The molecule has 0 spiro atoms. The lowest BCUT2D eigenvalue weighted by molar-refractivity contribution is 0.259. The average Bonchev–Trinajstić information content (AvgIpc) is 2.80. The van der Waals surface area contributed by atoms with Crippen molar-refractivity contribution < 1.29 is 30.7 Å². The maximum atomic E-state index is 12.1. The first kappa shape index (κ1) is 29.0. The molecule has 0 saturated heterocycles. The van der Waals surface area contributed by atoms with Crippen LogP contribution in [0.2, 0.25) is 10.6 Å². The molecule has 1 aromatic heterocycles. The van der Waals surface area contributed by atoms with Crippen LogP contribution in [-0.2, 0) is 20.2 Å². The predicted octanol–water partition coefficient (Wildman–Crippen LogP) is 4.78. The predicted molar refractivity (Wildman–Crippen MR) is 145 cm³/mol. The summed E-state index contributed by atoms with van der Waals surface area (Å²) in [5.41, 5.74) is 5.45. The Morgan fingerprint density at radius 1 is 0.875 bits per heavy atom. The molecule has 15 nitrogen and oxygen atoms in total. The molecule has 4 aromatic rings. The maximum absolute atomic E-state index is 12.1. The minimum Gasteiger partial charge on any atom is -0.351 e. The van der Waals surface area contributed by atoms with Gasteiger partial charge in [0.25, 0.3) is 20.2 Å². The molecule has 2 amide bonds. The van der Waals surface area contributed by atoms with Gasteiger partial charge in [0, 0.05) is 11.1 Å². The number of benzene rings is 3. The van der Waals surface area contributed by atoms with E-state index >= 15 is 0 Å². The summed E-state index contributed by atoms with van der Waals surface area (Å²) in [5, 5.41) is 12.6. The molecule has 3 aromatic carbocycles. The third-order valence-corrected chi connectivity index (χ3v) is 7.17. The minimum atomic E-state index is -4.87. The van der Waals surface area contributed by atoms with Crippen LogP contribution < -0.4 is 16.4 Å². The van der Waals surface area contributed by atoms with E-state index in [9.17, 15) is 30.7 Å². The molecule has 0 saturated carbocycles. The molecule has 0 atom stereocenters. The van der Waals surface area contributed by atoms with Gasteiger partial charge in [-0.05, 0) is 77.5 Å². The van der Waals surface area contributed by atoms with E-state index < -0.39 is 41.7 Å². The number of nitrogens with zero attached hydrogens (tertiary/aromatic N) is 5. The number of amides is 2. The molecule has 0 bridgehead atoms. The number of aryl methyl sites for hydroxylation is 1. The van der Waals surface area contributed by atoms with Gasteiger partial charge >= 0.3 is 6.03 Å². The summed E-state index contributed by atoms with van der Waals surface area (Å²) >= 11 is 11.5. The third kappa shape index (κ3) is 6.76. The van der Waals surface area contributed by atoms with Gasteiger partial charge in [-0.3, -0.25) is 9.11 Å². The Balaban J connectivity index is 1.83. The lowest BCUT2D eigenvalue weighted by Gasteiger charge is -2.11. The van der Waals surface area contributed by atoms with Gasteiger partial charge in [0.2, 0.25) is 16.5 Å². The number of halogens is 2. The second-order valence-corrected chi connectivity index (χ2v) is 11.5. The van der Waals surface area contributed by atoms with Crippen molar-refractivity contribution in [2.75, 3.05) is 10.6 Å². The molecule has 0 radical (unpaired) electrons. The number of azo groups is 1. The summed E-state index contributed by atoms with van der Waals surface area (Å²) in [5.74, 6) is -0.0248. The number of carbonyl (C=O) groups excluding carboxylic acids is 1. The van der Waals surface area contributed by atoms with E-state index in [4.69, 9.17) is 28.9 Å². The maximum Gasteiger partial charge on any atom is 0.316 e. The van der Waals surface area contributed by atoms with Crippen LogP contribution in [0.5, 0.6) is 0 Å². The Hall–Kier alpha value is -4.00. The highest BCUT2D eigenvalue weighted by molar-refractivity contribution is 7.86. The van der Waals surface area contributed by atoms with Crippen molar-refractivity contribution >= 4 is 88.9 Å². The minimum absolute atomic E-state index is 0.00376. The van der Waals surface area contributed by atoms with Gasteiger partial charge in [-0.1, -0.05) is 6.07 Å². The number of carbonyl (C=O) groups is 1. The molecule has 19 heteroatoms. The zero-order valence-electron chi connectivity index (χ0n) is 19.9.